The number of halogens is 1. The highest BCUT2D eigenvalue weighted by Crippen LogP contribution is 2.09. The highest BCUT2D eigenvalue weighted by Gasteiger charge is 2.13. The molecular formula is C11H10FNO2. The molecule has 78 valence electrons. The first-order chi connectivity index (χ1) is 7.19. The number of esters is 1. The molecule has 4 heteroatoms. The molecule has 0 aliphatic carbocycles. The van der Waals surface area contributed by atoms with Crippen LogP contribution in [0.1, 0.15) is 29.9 Å². The van der Waals surface area contributed by atoms with Crippen molar-refractivity contribution in [2.24, 2.45) is 0 Å². The number of hydrogen-bond donors (Lipinski definition) is 0. The molecule has 1 aromatic heterocycles. The number of rotatable bonds is 2. The molecule has 0 aliphatic heterocycles. The lowest BCUT2D eigenvalue weighted by Crippen LogP contribution is -2.08. The zero-order valence-electron chi connectivity index (χ0n) is 8.50. The van der Waals surface area contributed by atoms with Crippen molar-refractivity contribution < 1.29 is 13.9 Å². The van der Waals surface area contributed by atoms with Gasteiger partial charge in [-0.05, 0) is 25.8 Å². The SMILES string of the molecule is CC#Cc1cc(C(=O)OCC)c(F)cn1. The zero-order chi connectivity index (χ0) is 11.3. The molecule has 0 bridgehead atoms. The van der Waals surface area contributed by atoms with Crippen LogP contribution in [0.4, 0.5) is 4.39 Å². The number of aromatic nitrogens is 1. The van der Waals surface area contributed by atoms with Crippen LogP contribution in [0.5, 0.6) is 0 Å². The molecule has 1 aromatic rings. The number of pyridine rings is 1. The van der Waals surface area contributed by atoms with Gasteiger partial charge in [-0.2, -0.15) is 0 Å². The predicted octanol–water partition coefficient (Wildman–Crippen LogP) is 1.77. The molecule has 0 spiro atoms. The van der Waals surface area contributed by atoms with Gasteiger partial charge in [-0.15, -0.1) is 0 Å². The summed E-state index contributed by atoms with van der Waals surface area (Å²) in [6.07, 6.45) is 0.964. The molecule has 0 saturated carbocycles. The van der Waals surface area contributed by atoms with E-state index >= 15 is 0 Å². The lowest BCUT2D eigenvalue weighted by molar-refractivity contribution is 0.0521. The molecule has 0 fully saturated rings. The van der Waals surface area contributed by atoms with Crippen LogP contribution in [-0.2, 0) is 4.74 Å². The van der Waals surface area contributed by atoms with E-state index in [2.05, 4.69) is 21.6 Å². The van der Waals surface area contributed by atoms with Crippen molar-refractivity contribution in [2.45, 2.75) is 13.8 Å². The summed E-state index contributed by atoms with van der Waals surface area (Å²) in [6.45, 7) is 3.49. The predicted molar refractivity (Wildman–Crippen MR) is 52.7 cm³/mol. The maximum atomic E-state index is 13.2. The fraction of sp³-hybridized carbons (Fsp3) is 0.273. The van der Waals surface area contributed by atoms with E-state index in [9.17, 15) is 9.18 Å². The minimum Gasteiger partial charge on any atom is -0.462 e. The van der Waals surface area contributed by atoms with Crippen molar-refractivity contribution in [1.82, 2.24) is 4.98 Å². The molecule has 0 amide bonds. The third-order valence-corrected chi connectivity index (χ3v) is 1.60. The van der Waals surface area contributed by atoms with Crippen molar-refractivity contribution in [2.75, 3.05) is 6.61 Å². The van der Waals surface area contributed by atoms with Crippen LogP contribution in [-0.4, -0.2) is 17.6 Å². The van der Waals surface area contributed by atoms with Crippen molar-refractivity contribution >= 4 is 5.97 Å². The normalized spacial score (nSPS) is 9.00. The Morgan fingerprint density at radius 3 is 3.00 bits per heavy atom. The van der Waals surface area contributed by atoms with E-state index in [1.54, 1.807) is 13.8 Å². The zero-order valence-corrected chi connectivity index (χ0v) is 8.50. The number of nitrogens with zero attached hydrogens (tertiary/aromatic N) is 1. The monoisotopic (exact) mass is 207 g/mol. The van der Waals surface area contributed by atoms with E-state index in [1.165, 1.54) is 6.07 Å². The van der Waals surface area contributed by atoms with E-state index < -0.39 is 11.8 Å². The Kier molecular flexibility index (Phi) is 3.81. The van der Waals surface area contributed by atoms with E-state index in [0.717, 1.165) is 6.20 Å². The van der Waals surface area contributed by atoms with Crippen LogP contribution in [0.2, 0.25) is 0 Å². The summed E-state index contributed by atoms with van der Waals surface area (Å²) in [5.74, 6) is 3.85. The quantitative estimate of drug-likeness (QED) is 0.548. The molecule has 3 nitrogen and oxygen atoms in total. The van der Waals surface area contributed by atoms with E-state index in [4.69, 9.17) is 0 Å². The smallest absolute Gasteiger partial charge is 0.341 e. The molecule has 0 aromatic carbocycles. The summed E-state index contributed by atoms with van der Waals surface area (Å²) in [7, 11) is 0. The number of hydrogen-bond acceptors (Lipinski definition) is 3. The Hall–Kier alpha value is -1.89. The maximum absolute atomic E-state index is 13.2. The molecule has 0 aliphatic rings. The molecule has 0 radical (unpaired) electrons. The summed E-state index contributed by atoms with van der Waals surface area (Å²) in [5, 5.41) is 0. The van der Waals surface area contributed by atoms with Gasteiger partial charge in [-0.1, -0.05) is 5.92 Å². The van der Waals surface area contributed by atoms with E-state index in [1.807, 2.05) is 0 Å². The lowest BCUT2D eigenvalue weighted by atomic mass is 10.2. The largest absolute Gasteiger partial charge is 0.462 e. The molecule has 0 saturated heterocycles. The summed E-state index contributed by atoms with van der Waals surface area (Å²) < 4.78 is 17.9. The lowest BCUT2D eigenvalue weighted by Gasteiger charge is -2.02. The summed E-state index contributed by atoms with van der Waals surface area (Å²) >= 11 is 0. The van der Waals surface area contributed by atoms with Crippen LogP contribution in [0.3, 0.4) is 0 Å². The molecule has 15 heavy (non-hydrogen) atoms. The highest BCUT2D eigenvalue weighted by atomic mass is 19.1. The Labute approximate surface area is 87.3 Å². The van der Waals surface area contributed by atoms with Crippen LogP contribution in [0.15, 0.2) is 12.3 Å². The van der Waals surface area contributed by atoms with Crippen LogP contribution in [0, 0.1) is 17.7 Å². The minimum absolute atomic E-state index is 0.135. The average molecular weight is 207 g/mol. The Balaban J connectivity index is 3.08. The highest BCUT2D eigenvalue weighted by molar-refractivity contribution is 5.89. The van der Waals surface area contributed by atoms with Crippen LogP contribution in [0.25, 0.3) is 0 Å². The fourth-order valence-corrected chi connectivity index (χ4v) is 1.00. The maximum Gasteiger partial charge on any atom is 0.341 e. The molecule has 1 rings (SSSR count). The number of carbonyl (C=O) groups excluding carboxylic acids is 1. The Morgan fingerprint density at radius 1 is 1.67 bits per heavy atom. The van der Waals surface area contributed by atoms with Crippen molar-refractivity contribution in [1.29, 1.82) is 0 Å². The fourth-order valence-electron chi connectivity index (χ4n) is 1.00. The minimum atomic E-state index is -0.699. The van der Waals surface area contributed by atoms with Gasteiger partial charge in [0.15, 0.2) is 5.82 Å². The summed E-state index contributed by atoms with van der Waals surface area (Å²) in [6, 6.07) is 1.28. The Morgan fingerprint density at radius 2 is 2.40 bits per heavy atom. The first-order valence-corrected chi connectivity index (χ1v) is 4.44. The molecule has 0 N–H and O–H groups in total. The van der Waals surface area contributed by atoms with E-state index in [0.29, 0.717) is 5.69 Å². The van der Waals surface area contributed by atoms with Gasteiger partial charge >= 0.3 is 5.97 Å². The topological polar surface area (TPSA) is 39.2 Å². The summed E-state index contributed by atoms with van der Waals surface area (Å²) in [5.41, 5.74) is 0.214. The first kappa shape index (κ1) is 11.2. The standard InChI is InChI=1S/C11H10FNO2/c1-3-5-8-6-9(10(12)7-13-8)11(14)15-4-2/h6-7H,4H2,1-2H3. The van der Waals surface area contributed by atoms with Gasteiger partial charge in [0.25, 0.3) is 0 Å². The third-order valence-electron chi connectivity index (χ3n) is 1.60. The van der Waals surface area contributed by atoms with Gasteiger partial charge in [0.1, 0.15) is 5.69 Å². The van der Waals surface area contributed by atoms with Crippen LogP contribution < -0.4 is 0 Å². The van der Waals surface area contributed by atoms with Gasteiger partial charge in [0, 0.05) is 0 Å². The Bertz CT molecular complexity index is 432. The average Bonchev–Trinajstić information content (AvgIpc) is 2.21. The second-order valence-electron chi connectivity index (χ2n) is 2.64. The van der Waals surface area contributed by atoms with Crippen molar-refractivity contribution in [3.8, 4) is 11.8 Å². The van der Waals surface area contributed by atoms with Crippen molar-refractivity contribution in [3.63, 3.8) is 0 Å². The van der Waals surface area contributed by atoms with Gasteiger partial charge in [0.2, 0.25) is 0 Å². The van der Waals surface area contributed by atoms with Gasteiger partial charge in [0.05, 0.1) is 18.4 Å². The number of carbonyl (C=O) groups is 1. The van der Waals surface area contributed by atoms with Gasteiger partial charge in [-0.25, -0.2) is 14.2 Å². The second-order valence-corrected chi connectivity index (χ2v) is 2.64. The first-order valence-electron chi connectivity index (χ1n) is 4.44. The van der Waals surface area contributed by atoms with Gasteiger partial charge < -0.3 is 4.74 Å². The van der Waals surface area contributed by atoms with Gasteiger partial charge in [-0.3, -0.25) is 0 Å². The summed E-state index contributed by atoms with van der Waals surface area (Å²) in [4.78, 5) is 15.0. The van der Waals surface area contributed by atoms with Crippen molar-refractivity contribution in [3.05, 3.63) is 29.3 Å². The molecular weight excluding hydrogens is 197 g/mol. The van der Waals surface area contributed by atoms with E-state index in [-0.39, 0.29) is 12.2 Å². The molecule has 0 atom stereocenters. The third kappa shape index (κ3) is 2.78. The van der Waals surface area contributed by atoms with Crippen LogP contribution >= 0.6 is 0 Å². The second kappa shape index (κ2) is 5.11. The number of ether oxygens (including phenoxy) is 1. The molecule has 0 unspecified atom stereocenters. The molecule has 1 heterocycles.